The molecule has 0 saturated heterocycles. The molecule has 118 valence electrons. The van der Waals surface area contributed by atoms with Crippen LogP contribution in [0.5, 0.6) is 0 Å². The zero-order chi connectivity index (χ0) is 15.4. The predicted molar refractivity (Wildman–Crippen MR) is 89.0 cm³/mol. The Balaban J connectivity index is 1.58. The molecule has 1 saturated carbocycles. The van der Waals surface area contributed by atoms with Gasteiger partial charge in [0.15, 0.2) is 5.15 Å². The summed E-state index contributed by atoms with van der Waals surface area (Å²) in [6, 6.07) is 8.19. The van der Waals surface area contributed by atoms with Crippen molar-refractivity contribution in [2.45, 2.75) is 57.5 Å². The summed E-state index contributed by atoms with van der Waals surface area (Å²) in [4.78, 5) is 12.2. The largest absolute Gasteiger partial charge is 0.353 e. The summed E-state index contributed by atoms with van der Waals surface area (Å²) in [5, 5.41) is 8.93. The molecule has 0 radical (unpaired) electrons. The van der Waals surface area contributed by atoms with Gasteiger partial charge in [-0.05, 0) is 25.0 Å². The van der Waals surface area contributed by atoms with Gasteiger partial charge < -0.3 is 5.32 Å². The number of amides is 1. The number of hydrogen-bond acceptors (Lipinski definition) is 2. The molecular formula is C17H22ClN3O. The molecule has 1 fully saturated rings. The first kappa shape index (κ1) is 15.3. The Hall–Kier alpha value is -1.55. The molecular weight excluding hydrogens is 298 g/mol. The van der Waals surface area contributed by atoms with Gasteiger partial charge >= 0.3 is 0 Å². The molecule has 5 heteroatoms. The normalized spacial score (nSPS) is 16.6. The van der Waals surface area contributed by atoms with Crippen molar-refractivity contribution in [3.63, 3.8) is 0 Å². The topological polar surface area (TPSA) is 46.9 Å². The van der Waals surface area contributed by atoms with Crippen LogP contribution in [-0.4, -0.2) is 21.7 Å². The number of nitrogens with zero attached hydrogens (tertiary/aromatic N) is 2. The number of fused-ring (bicyclic) bond motifs is 1. The van der Waals surface area contributed by atoms with Crippen LogP contribution in [0.3, 0.4) is 0 Å². The third-order valence-corrected chi connectivity index (χ3v) is 4.66. The summed E-state index contributed by atoms with van der Waals surface area (Å²) in [6.07, 6.45) is 7.71. The molecule has 1 aromatic heterocycles. The molecule has 1 amide bonds. The predicted octanol–water partition coefficient (Wildman–Crippen LogP) is 3.92. The molecule has 4 nitrogen and oxygen atoms in total. The second kappa shape index (κ2) is 7.14. The maximum absolute atomic E-state index is 12.2. The highest BCUT2D eigenvalue weighted by Crippen LogP contribution is 2.22. The van der Waals surface area contributed by atoms with Gasteiger partial charge in [0.1, 0.15) is 0 Å². The van der Waals surface area contributed by atoms with Crippen molar-refractivity contribution in [2.24, 2.45) is 0 Å². The third-order valence-electron chi connectivity index (χ3n) is 4.38. The van der Waals surface area contributed by atoms with Crippen molar-refractivity contribution in [3.8, 4) is 0 Å². The van der Waals surface area contributed by atoms with Crippen LogP contribution in [0.25, 0.3) is 10.9 Å². The molecule has 0 spiro atoms. The van der Waals surface area contributed by atoms with Crippen molar-refractivity contribution < 1.29 is 4.79 Å². The molecule has 1 aliphatic carbocycles. The zero-order valence-electron chi connectivity index (χ0n) is 12.7. The fourth-order valence-electron chi connectivity index (χ4n) is 3.19. The van der Waals surface area contributed by atoms with Crippen LogP contribution >= 0.6 is 11.6 Å². The van der Waals surface area contributed by atoms with E-state index in [1.807, 2.05) is 28.9 Å². The fraction of sp³-hybridized carbons (Fsp3) is 0.529. The van der Waals surface area contributed by atoms with Crippen LogP contribution in [0, 0.1) is 0 Å². The van der Waals surface area contributed by atoms with E-state index in [2.05, 4.69) is 10.4 Å². The number of para-hydroxylation sites is 1. The maximum Gasteiger partial charge on any atom is 0.222 e. The lowest BCUT2D eigenvalue weighted by Gasteiger charge is -2.16. The highest BCUT2D eigenvalue weighted by molar-refractivity contribution is 6.34. The lowest BCUT2D eigenvalue weighted by Crippen LogP contribution is -2.34. The van der Waals surface area contributed by atoms with Crippen LogP contribution in [-0.2, 0) is 11.3 Å². The van der Waals surface area contributed by atoms with Gasteiger partial charge in [0.05, 0.1) is 12.1 Å². The Morgan fingerprint density at radius 1 is 1.23 bits per heavy atom. The third kappa shape index (κ3) is 3.61. The number of benzene rings is 1. The number of rotatable bonds is 4. The fourth-order valence-corrected chi connectivity index (χ4v) is 3.44. The molecule has 0 unspecified atom stereocenters. The van der Waals surface area contributed by atoms with E-state index in [4.69, 9.17) is 11.6 Å². The van der Waals surface area contributed by atoms with Gasteiger partial charge in [-0.3, -0.25) is 9.48 Å². The van der Waals surface area contributed by atoms with Gasteiger partial charge in [-0.25, -0.2) is 0 Å². The van der Waals surface area contributed by atoms with E-state index in [1.54, 1.807) is 0 Å². The van der Waals surface area contributed by atoms with E-state index in [-0.39, 0.29) is 5.91 Å². The van der Waals surface area contributed by atoms with Crippen molar-refractivity contribution in [1.29, 1.82) is 0 Å². The van der Waals surface area contributed by atoms with Gasteiger partial charge in [-0.1, -0.05) is 49.4 Å². The second-order valence-corrected chi connectivity index (χ2v) is 6.40. The first-order valence-corrected chi connectivity index (χ1v) is 8.52. The molecule has 0 aliphatic heterocycles. The Kier molecular flexibility index (Phi) is 4.98. The molecule has 1 aliphatic rings. The summed E-state index contributed by atoms with van der Waals surface area (Å²) >= 11 is 6.13. The van der Waals surface area contributed by atoms with E-state index in [1.165, 1.54) is 25.7 Å². The Bertz CT molecular complexity index is 644. The average molecular weight is 320 g/mol. The lowest BCUT2D eigenvalue weighted by atomic mass is 10.1. The lowest BCUT2D eigenvalue weighted by molar-refractivity contribution is -0.122. The minimum atomic E-state index is 0.114. The molecule has 0 atom stereocenters. The minimum Gasteiger partial charge on any atom is -0.353 e. The SMILES string of the molecule is O=C(CCn1nc(Cl)c2ccccc21)NC1CCCCCC1. The van der Waals surface area contributed by atoms with Crippen molar-refractivity contribution in [3.05, 3.63) is 29.4 Å². The first-order chi connectivity index (χ1) is 10.7. The summed E-state index contributed by atoms with van der Waals surface area (Å²) in [7, 11) is 0. The van der Waals surface area contributed by atoms with Crippen LogP contribution in [0.15, 0.2) is 24.3 Å². The smallest absolute Gasteiger partial charge is 0.222 e. The summed E-state index contributed by atoms with van der Waals surface area (Å²) in [5.41, 5.74) is 0.981. The van der Waals surface area contributed by atoms with Crippen LogP contribution in [0.1, 0.15) is 44.9 Å². The summed E-state index contributed by atoms with van der Waals surface area (Å²) in [6.45, 7) is 0.561. The monoisotopic (exact) mass is 319 g/mol. The van der Waals surface area contributed by atoms with Gasteiger partial charge in [0.2, 0.25) is 5.91 Å². The van der Waals surface area contributed by atoms with Crippen LogP contribution in [0.2, 0.25) is 5.15 Å². The van der Waals surface area contributed by atoms with Crippen LogP contribution in [0.4, 0.5) is 0 Å². The summed E-state index contributed by atoms with van der Waals surface area (Å²) in [5.74, 6) is 0.114. The van der Waals surface area contributed by atoms with E-state index < -0.39 is 0 Å². The van der Waals surface area contributed by atoms with Crippen molar-refractivity contribution in [2.75, 3.05) is 0 Å². The van der Waals surface area contributed by atoms with Gasteiger partial charge in [0.25, 0.3) is 0 Å². The molecule has 1 aromatic carbocycles. The standard InChI is InChI=1S/C17H22ClN3O/c18-17-14-9-5-6-10-15(14)21(20-17)12-11-16(22)19-13-7-3-1-2-4-8-13/h5-6,9-10,13H,1-4,7-8,11-12H2,(H,19,22). The first-order valence-electron chi connectivity index (χ1n) is 8.14. The minimum absolute atomic E-state index is 0.114. The zero-order valence-corrected chi connectivity index (χ0v) is 13.5. The highest BCUT2D eigenvalue weighted by atomic mass is 35.5. The molecule has 22 heavy (non-hydrogen) atoms. The Morgan fingerprint density at radius 3 is 2.73 bits per heavy atom. The Morgan fingerprint density at radius 2 is 1.95 bits per heavy atom. The number of hydrogen-bond donors (Lipinski definition) is 1. The van der Waals surface area contributed by atoms with E-state index in [0.717, 1.165) is 23.7 Å². The van der Waals surface area contributed by atoms with Crippen molar-refractivity contribution in [1.82, 2.24) is 15.1 Å². The number of halogens is 1. The molecule has 2 aromatic rings. The number of nitrogens with one attached hydrogen (secondary N) is 1. The van der Waals surface area contributed by atoms with Gasteiger partial charge in [-0.2, -0.15) is 5.10 Å². The number of carbonyl (C=O) groups is 1. The van der Waals surface area contributed by atoms with Gasteiger partial charge in [-0.15, -0.1) is 0 Å². The average Bonchev–Trinajstić information content (AvgIpc) is 2.69. The molecule has 1 N–H and O–H groups in total. The number of carbonyl (C=O) groups excluding carboxylic acids is 1. The van der Waals surface area contributed by atoms with Crippen molar-refractivity contribution >= 4 is 28.4 Å². The summed E-state index contributed by atoms with van der Waals surface area (Å²) < 4.78 is 1.82. The maximum atomic E-state index is 12.2. The molecule has 0 bridgehead atoms. The second-order valence-electron chi connectivity index (χ2n) is 6.04. The molecule has 1 heterocycles. The van der Waals surface area contributed by atoms with Crippen LogP contribution < -0.4 is 5.32 Å². The van der Waals surface area contributed by atoms with E-state index >= 15 is 0 Å². The number of aromatic nitrogens is 2. The van der Waals surface area contributed by atoms with E-state index in [9.17, 15) is 4.79 Å². The number of aryl methyl sites for hydroxylation is 1. The Labute approximate surface area is 135 Å². The van der Waals surface area contributed by atoms with E-state index in [0.29, 0.717) is 24.2 Å². The van der Waals surface area contributed by atoms with Gasteiger partial charge in [0, 0.05) is 17.8 Å². The molecule has 3 rings (SSSR count). The highest BCUT2D eigenvalue weighted by Gasteiger charge is 2.15. The quantitative estimate of drug-likeness (QED) is 0.868.